The highest BCUT2D eigenvalue weighted by atomic mass is 32.2. The zero-order chi connectivity index (χ0) is 25.4. The average Bonchev–Trinajstić information content (AvgIpc) is 3.39. The Labute approximate surface area is 223 Å². The summed E-state index contributed by atoms with van der Waals surface area (Å²) < 4.78 is 1.92. The molecule has 3 heterocycles. The molecule has 0 bridgehead atoms. The summed E-state index contributed by atoms with van der Waals surface area (Å²) in [5.41, 5.74) is 4.61. The lowest BCUT2D eigenvalue weighted by atomic mass is 10.2. The second-order valence-electron chi connectivity index (χ2n) is 8.45. The van der Waals surface area contributed by atoms with Gasteiger partial charge in [-0.1, -0.05) is 66.4 Å². The molecule has 6 nitrogen and oxygen atoms in total. The van der Waals surface area contributed by atoms with E-state index in [1.54, 1.807) is 18.0 Å². The van der Waals surface area contributed by atoms with Crippen LogP contribution in [0.25, 0.3) is 22.7 Å². The lowest BCUT2D eigenvalue weighted by Crippen LogP contribution is -2.30. The Bertz CT molecular complexity index is 1670. The first-order chi connectivity index (χ1) is 18.1. The van der Waals surface area contributed by atoms with E-state index in [1.807, 2.05) is 90.5 Å². The summed E-state index contributed by atoms with van der Waals surface area (Å²) in [5, 5.41) is 10.3. The van der Waals surface area contributed by atoms with Crippen molar-refractivity contribution in [3.63, 3.8) is 0 Å². The van der Waals surface area contributed by atoms with Crippen LogP contribution < -0.4 is 10.2 Å². The van der Waals surface area contributed by atoms with Gasteiger partial charge in [0, 0.05) is 22.0 Å². The van der Waals surface area contributed by atoms with E-state index >= 15 is 0 Å². The number of para-hydroxylation sites is 3. The van der Waals surface area contributed by atoms with Gasteiger partial charge < -0.3 is 5.32 Å². The molecule has 2 aromatic heterocycles. The number of benzene rings is 3. The molecule has 180 valence electrons. The predicted molar refractivity (Wildman–Crippen MR) is 152 cm³/mol. The number of hydrogen-bond donors (Lipinski definition) is 1. The number of fused-ring (bicyclic) bond motifs is 1. The van der Waals surface area contributed by atoms with Crippen molar-refractivity contribution in [1.29, 1.82) is 0 Å². The molecule has 1 aliphatic rings. The largest absolute Gasteiger partial charge is 0.327 e. The average molecular weight is 520 g/mol. The number of carbonyl (C=O) groups excluding carboxylic acids is 1. The van der Waals surface area contributed by atoms with E-state index in [2.05, 4.69) is 28.5 Å². The molecule has 0 radical (unpaired) electrons. The lowest BCUT2D eigenvalue weighted by molar-refractivity contribution is -0.113. The monoisotopic (exact) mass is 519 g/mol. The van der Waals surface area contributed by atoms with Gasteiger partial charge in [-0.3, -0.25) is 14.7 Å². The van der Waals surface area contributed by atoms with Crippen LogP contribution in [0, 0.1) is 6.92 Å². The number of aromatic nitrogens is 3. The maximum atomic E-state index is 13.4. The molecule has 1 saturated heterocycles. The molecule has 0 spiro atoms. The topological polar surface area (TPSA) is 63.1 Å². The summed E-state index contributed by atoms with van der Waals surface area (Å²) in [4.78, 5) is 20.6. The molecule has 8 heteroatoms. The fourth-order valence-corrected chi connectivity index (χ4v) is 5.75. The standard InChI is InChI=1S/C29H21N5OS2/c1-19-23(18-24-27(35)33(29(36)31-24)21-12-4-2-5-13-21)28(34(32-19)22-14-6-3-7-15-22)37-25-16-8-10-20-11-9-17-30-26(20)25/h2-18H,1H3,(H,31,36)/b24-18+. The molecule has 0 unspecified atom stereocenters. The van der Waals surface area contributed by atoms with Crippen molar-refractivity contribution in [3.8, 4) is 5.69 Å². The molecule has 1 amide bonds. The van der Waals surface area contributed by atoms with Gasteiger partial charge in [-0.25, -0.2) is 4.68 Å². The third-order valence-electron chi connectivity index (χ3n) is 6.05. The van der Waals surface area contributed by atoms with Crippen LogP contribution in [-0.4, -0.2) is 25.8 Å². The minimum atomic E-state index is -0.203. The van der Waals surface area contributed by atoms with Crippen molar-refractivity contribution in [2.45, 2.75) is 16.8 Å². The minimum Gasteiger partial charge on any atom is -0.327 e. The maximum Gasteiger partial charge on any atom is 0.281 e. The van der Waals surface area contributed by atoms with Crippen LogP contribution in [-0.2, 0) is 4.79 Å². The molecule has 0 aliphatic carbocycles. The molecular formula is C29H21N5OS2. The van der Waals surface area contributed by atoms with Gasteiger partial charge in [0.05, 0.1) is 22.6 Å². The van der Waals surface area contributed by atoms with E-state index in [9.17, 15) is 4.79 Å². The first-order valence-corrected chi connectivity index (χ1v) is 12.9. The van der Waals surface area contributed by atoms with Crippen molar-refractivity contribution >= 4 is 57.7 Å². The molecule has 1 fully saturated rings. The Morgan fingerprint density at radius 3 is 2.35 bits per heavy atom. The van der Waals surface area contributed by atoms with Gasteiger partial charge in [-0.05, 0) is 61.6 Å². The third-order valence-corrected chi connectivity index (χ3v) is 7.47. The number of amides is 1. The summed E-state index contributed by atoms with van der Waals surface area (Å²) in [5.74, 6) is -0.203. The third kappa shape index (κ3) is 4.30. The van der Waals surface area contributed by atoms with Crippen molar-refractivity contribution in [3.05, 3.63) is 114 Å². The van der Waals surface area contributed by atoms with E-state index in [-0.39, 0.29) is 5.91 Å². The van der Waals surface area contributed by atoms with Crippen LogP contribution >= 0.6 is 24.0 Å². The van der Waals surface area contributed by atoms with E-state index in [0.29, 0.717) is 10.8 Å². The second kappa shape index (κ2) is 9.65. The van der Waals surface area contributed by atoms with Gasteiger partial charge in [0.25, 0.3) is 5.91 Å². The van der Waals surface area contributed by atoms with Gasteiger partial charge in [0.1, 0.15) is 10.7 Å². The molecule has 5 aromatic rings. The minimum absolute atomic E-state index is 0.203. The van der Waals surface area contributed by atoms with E-state index < -0.39 is 0 Å². The predicted octanol–water partition coefficient (Wildman–Crippen LogP) is 6.14. The lowest BCUT2D eigenvalue weighted by Gasteiger charge is -2.13. The number of carbonyl (C=O) groups is 1. The zero-order valence-corrected chi connectivity index (χ0v) is 21.5. The highest BCUT2D eigenvalue weighted by Crippen LogP contribution is 2.38. The molecule has 3 aromatic carbocycles. The molecule has 6 rings (SSSR count). The van der Waals surface area contributed by atoms with Crippen LogP contribution in [0.4, 0.5) is 5.69 Å². The van der Waals surface area contributed by atoms with Crippen LogP contribution in [0.1, 0.15) is 11.3 Å². The highest BCUT2D eigenvalue weighted by Gasteiger charge is 2.32. The number of rotatable bonds is 5. The van der Waals surface area contributed by atoms with Gasteiger partial charge >= 0.3 is 0 Å². The molecule has 0 saturated carbocycles. The van der Waals surface area contributed by atoms with Gasteiger partial charge in [-0.15, -0.1) is 0 Å². The SMILES string of the molecule is Cc1nn(-c2ccccc2)c(Sc2cccc3cccnc23)c1/C=C1/NC(=S)N(c2ccccc2)C1=O. The smallest absolute Gasteiger partial charge is 0.281 e. The van der Waals surface area contributed by atoms with Crippen molar-refractivity contribution in [2.24, 2.45) is 0 Å². The van der Waals surface area contributed by atoms with Crippen LogP contribution in [0.5, 0.6) is 0 Å². The van der Waals surface area contributed by atoms with Crippen molar-refractivity contribution in [1.82, 2.24) is 20.1 Å². The summed E-state index contributed by atoms with van der Waals surface area (Å²) in [6.07, 6.45) is 3.65. The maximum absolute atomic E-state index is 13.4. The van der Waals surface area contributed by atoms with Gasteiger partial charge in [0.15, 0.2) is 5.11 Å². The molecular weight excluding hydrogens is 498 g/mol. The van der Waals surface area contributed by atoms with Crippen LogP contribution in [0.2, 0.25) is 0 Å². The summed E-state index contributed by atoms with van der Waals surface area (Å²) >= 11 is 7.09. The fourth-order valence-electron chi connectivity index (χ4n) is 4.28. The van der Waals surface area contributed by atoms with Crippen LogP contribution in [0.15, 0.2) is 113 Å². The molecule has 37 heavy (non-hydrogen) atoms. The number of nitrogens with one attached hydrogen (secondary N) is 1. The van der Waals surface area contributed by atoms with Crippen LogP contribution in [0.3, 0.4) is 0 Å². The number of hydrogen-bond acceptors (Lipinski definition) is 5. The Hall–Kier alpha value is -4.27. The van der Waals surface area contributed by atoms with Crippen molar-refractivity contribution in [2.75, 3.05) is 4.90 Å². The first kappa shape index (κ1) is 23.1. The normalized spacial score (nSPS) is 14.5. The Morgan fingerprint density at radius 2 is 1.59 bits per heavy atom. The van der Waals surface area contributed by atoms with E-state index in [4.69, 9.17) is 17.3 Å². The quantitative estimate of drug-likeness (QED) is 0.222. The van der Waals surface area contributed by atoms with E-state index in [1.165, 1.54) is 4.90 Å². The fraction of sp³-hybridized carbons (Fsp3) is 0.0345. The van der Waals surface area contributed by atoms with Gasteiger partial charge in [0.2, 0.25) is 0 Å². The number of aryl methyl sites for hydroxylation is 1. The Morgan fingerprint density at radius 1 is 0.892 bits per heavy atom. The number of pyridine rings is 1. The number of nitrogens with zero attached hydrogens (tertiary/aromatic N) is 4. The second-order valence-corrected chi connectivity index (χ2v) is 9.87. The summed E-state index contributed by atoms with van der Waals surface area (Å²) in [7, 11) is 0. The molecule has 1 aliphatic heterocycles. The molecule has 1 N–H and O–H groups in total. The first-order valence-electron chi connectivity index (χ1n) is 11.7. The number of thiocarbonyl (C=S) groups is 1. The Balaban J connectivity index is 1.48. The highest BCUT2D eigenvalue weighted by molar-refractivity contribution is 7.99. The Kier molecular flexibility index (Phi) is 6.04. The van der Waals surface area contributed by atoms with Crippen molar-refractivity contribution < 1.29 is 4.79 Å². The number of anilines is 1. The zero-order valence-electron chi connectivity index (χ0n) is 19.8. The molecule has 0 atom stereocenters. The summed E-state index contributed by atoms with van der Waals surface area (Å²) in [6, 6.07) is 29.5. The van der Waals surface area contributed by atoms with Gasteiger partial charge in [-0.2, -0.15) is 5.10 Å². The summed E-state index contributed by atoms with van der Waals surface area (Å²) in [6.45, 7) is 1.95. The van der Waals surface area contributed by atoms with E-state index in [0.717, 1.165) is 43.5 Å².